The Balaban J connectivity index is 1.21. The Labute approximate surface area is 223 Å². The van der Waals surface area contributed by atoms with E-state index in [1.807, 2.05) is 72.8 Å². The van der Waals surface area contributed by atoms with Crippen molar-refractivity contribution < 1.29 is 18.8 Å². The van der Waals surface area contributed by atoms with Crippen LogP contribution in [0, 0.1) is 0 Å². The molecule has 3 aromatic carbocycles. The van der Waals surface area contributed by atoms with E-state index in [4.69, 9.17) is 9.47 Å². The van der Waals surface area contributed by atoms with Gasteiger partial charge >= 0.3 is 0 Å². The van der Waals surface area contributed by atoms with Crippen LogP contribution in [0.2, 0.25) is 0 Å². The van der Waals surface area contributed by atoms with Crippen LogP contribution >= 0.6 is 0 Å². The summed E-state index contributed by atoms with van der Waals surface area (Å²) in [4.78, 5) is 12.9. The van der Waals surface area contributed by atoms with E-state index in [9.17, 15) is 4.79 Å². The van der Waals surface area contributed by atoms with Gasteiger partial charge in [0.2, 0.25) is 0 Å². The molecule has 3 aromatic rings. The molecule has 0 bridgehead atoms. The van der Waals surface area contributed by atoms with Crippen molar-refractivity contribution in [2.45, 2.75) is 51.2 Å². The van der Waals surface area contributed by atoms with Crippen LogP contribution in [-0.2, 0) is 11.4 Å². The second-order valence-electron chi connectivity index (χ2n) is 10.4. The minimum Gasteiger partial charge on any atom is -0.494 e. The summed E-state index contributed by atoms with van der Waals surface area (Å²) in [6, 6.07) is 27.9. The van der Waals surface area contributed by atoms with Gasteiger partial charge in [-0.1, -0.05) is 86.3 Å². The second kappa shape index (κ2) is 15.1. The fourth-order valence-corrected chi connectivity index (χ4v) is 4.39. The molecule has 5 heteroatoms. The topological polar surface area (TPSA) is 47.6 Å². The molecule has 0 aliphatic rings. The molecule has 0 saturated carbocycles. The van der Waals surface area contributed by atoms with Crippen molar-refractivity contribution in [2.24, 2.45) is 0 Å². The number of likely N-dealkylation sites (N-methyl/N-ethyl adjacent to an activating group) is 1. The summed E-state index contributed by atoms with van der Waals surface area (Å²) in [6.45, 7) is 2.03. The molecule has 0 saturated heterocycles. The molecular formula is C32H43N2O3+. The summed E-state index contributed by atoms with van der Waals surface area (Å²) in [6.07, 6.45) is 6.72. The lowest BCUT2D eigenvalue weighted by Gasteiger charge is -2.33. The lowest BCUT2D eigenvalue weighted by Crippen LogP contribution is -2.47. The Morgan fingerprint density at radius 1 is 0.703 bits per heavy atom. The van der Waals surface area contributed by atoms with Crippen LogP contribution in [-0.4, -0.2) is 44.7 Å². The van der Waals surface area contributed by atoms with Crippen LogP contribution in [0.3, 0.4) is 0 Å². The molecule has 0 aromatic heterocycles. The normalized spacial score (nSPS) is 12.1. The highest BCUT2D eigenvalue weighted by molar-refractivity contribution is 5.82. The first kappa shape index (κ1) is 28.3. The summed E-state index contributed by atoms with van der Waals surface area (Å²) in [5.41, 5.74) is 2.21. The molecule has 37 heavy (non-hydrogen) atoms. The summed E-state index contributed by atoms with van der Waals surface area (Å²) in [7, 11) is 6.20. The zero-order chi connectivity index (χ0) is 26.3. The maximum absolute atomic E-state index is 12.9. The number of quaternary nitrogens is 1. The zero-order valence-corrected chi connectivity index (χ0v) is 22.7. The molecule has 0 radical (unpaired) electrons. The molecular weight excluding hydrogens is 460 g/mol. The Morgan fingerprint density at radius 2 is 1.24 bits per heavy atom. The van der Waals surface area contributed by atoms with Gasteiger partial charge in [0.05, 0.1) is 27.7 Å². The summed E-state index contributed by atoms with van der Waals surface area (Å²) in [5, 5.41) is 3.15. The maximum Gasteiger partial charge on any atom is 0.283 e. The summed E-state index contributed by atoms with van der Waals surface area (Å²) >= 11 is 0. The van der Waals surface area contributed by atoms with Crippen LogP contribution in [0.25, 0.3) is 0 Å². The van der Waals surface area contributed by atoms with Crippen molar-refractivity contribution in [3.05, 3.63) is 96.1 Å². The largest absolute Gasteiger partial charge is 0.494 e. The molecule has 0 heterocycles. The zero-order valence-electron chi connectivity index (χ0n) is 22.7. The van der Waals surface area contributed by atoms with Gasteiger partial charge in [-0.25, -0.2) is 0 Å². The number of rotatable bonds is 16. The van der Waals surface area contributed by atoms with Crippen LogP contribution < -0.4 is 14.8 Å². The number of carbonyl (C=O) groups excluding carboxylic acids is 1. The van der Waals surface area contributed by atoms with Gasteiger partial charge < -0.3 is 19.3 Å². The Bertz CT molecular complexity index is 1030. The number of nitrogens with one attached hydrogen (secondary N) is 1. The fourth-order valence-electron chi connectivity index (χ4n) is 4.39. The smallest absolute Gasteiger partial charge is 0.283 e. The van der Waals surface area contributed by atoms with Gasteiger partial charge in [-0.15, -0.1) is 0 Å². The number of unbranched alkanes of at least 4 members (excludes halogenated alkanes) is 5. The molecule has 0 aliphatic heterocycles. The van der Waals surface area contributed by atoms with E-state index in [1.54, 1.807) is 0 Å². The van der Waals surface area contributed by atoms with Crippen molar-refractivity contribution >= 4 is 5.91 Å². The monoisotopic (exact) mass is 503 g/mol. The second-order valence-corrected chi connectivity index (χ2v) is 10.4. The highest BCUT2D eigenvalue weighted by Crippen LogP contribution is 2.23. The first-order chi connectivity index (χ1) is 17.9. The molecule has 0 spiro atoms. The van der Waals surface area contributed by atoms with E-state index < -0.39 is 0 Å². The summed E-state index contributed by atoms with van der Waals surface area (Å²) < 4.78 is 12.3. The summed E-state index contributed by atoms with van der Waals surface area (Å²) in [5.74, 6) is 1.83. The third-order valence-electron chi connectivity index (χ3n) is 6.35. The van der Waals surface area contributed by atoms with Crippen molar-refractivity contribution in [2.75, 3.05) is 34.3 Å². The quantitative estimate of drug-likeness (QED) is 0.178. The Hall–Kier alpha value is -3.31. The average Bonchev–Trinajstić information content (AvgIpc) is 2.90. The SMILES string of the molecule is C[N+](C)(C)C(C(=O)NCCCCCCCCOc1ccc(OCc2ccccc2)cc1)c1ccccc1. The minimum absolute atomic E-state index is 0.103. The predicted molar refractivity (Wildman–Crippen MR) is 151 cm³/mol. The van der Waals surface area contributed by atoms with Crippen LogP contribution in [0.4, 0.5) is 0 Å². The molecule has 1 N–H and O–H groups in total. The Kier molecular flexibility index (Phi) is 11.5. The molecule has 3 rings (SSSR count). The van der Waals surface area contributed by atoms with Crippen LogP contribution in [0.1, 0.15) is 55.7 Å². The number of nitrogens with zero attached hydrogens (tertiary/aromatic N) is 1. The van der Waals surface area contributed by atoms with Gasteiger partial charge in [0.15, 0.2) is 6.04 Å². The number of carbonyl (C=O) groups is 1. The van der Waals surface area contributed by atoms with Crippen molar-refractivity contribution in [1.82, 2.24) is 5.32 Å². The van der Waals surface area contributed by atoms with Gasteiger partial charge in [-0.3, -0.25) is 4.79 Å². The third kappa shape index (κ3) is 10.3. The van der Waals surface area contributed by atoms with Crippen molar-refractivity contribution in [1.29, 1.82) is 0 Å². The van der Waals surface area contributed by atoms with Gasteiger partial charge in [-0.05, 0) is 42.7 Å². The average molecular weight is 504 g/mol. The Morgan fingerprint density at radius 3 is 1.86 bits per heavy atom. The molecule has 1 amide bonds. The van der Waals surface area contributed by atoms with E-state index in [-0.39, 0.29) is 11.9 Å². The van der Waals surface area contributed by atoms with Gasteiger partial charge in [0.1, 0.15) is 18.1 Å². The van der Waals surface area contributed by atoms with Gasteiger partial charge in [0, 0.05) is 12.1 Å². The van der Waals surface area contributed by atoms with Crippen LogP contribution in [0.5, 0.6) is 11.5 Å². The standard InChI is InChI=1S/C32H42N2O3/c1-34(2,3)31(28-18-12-9-13-19-28)32(35)33-24-14-6-4-5-7-15-25-36-29-20-22-30(23-21-29)37-26-27-16-10-8-11-17-27/h8-13,16-23,31H,4-7,14-15,24-26H2,1-3H3/p+1. The van der Waals surface area contributed by atoms with E-state index in [2.05, 4.69) is 38.6 Å². The lowest BCUT2D eigenvalue weighted by molar-refractivity contribution is -0.892. The molecule has 0 aliphatic carbocycles. The number of amides is 1. The van der Waals surface area contributed by atoms with Gasteiger partial charge in [-0.2, -0.15) is 0 Å². The van der Waals surface area contributed by atoms with E-state index in [0.717, 1.165) is 61.5 Å². The third-order valence-corrected chi connectivity index (χ3v) is 6.35. The van der Waals surface area contributed by atoms with Crippen molar-refractivity contribution in [3.63, 3.8) is 0 Å². The minimum atomic E-state index is -0.195. The number of ether oxygens (including phenoxy) is 2. The molecule has 198 valence electrons. The van der Waals surface area contributed by atoms with Crippen LogP contribution in [0.15, 0.2) is 84.9 Å². The molecule has 1 atom stereocenters. The maximum atomic E-state index is 12.9. The van der Waals surface area contributed by atoms with E-state index >= 15 is 0 Å². The molecule has 0 fully saturated rings. The first-order valence-corrected chi connectivity index (χ1v) is 13.5. The van der Waals surface area contributed by atoms with Gasteiger partial charge in [0.25, 0.3) is 5.91 Å². The first-order valence-electron chi connectivity index (χ1n) is 13.5. The van der Waals surface area contributed by atoms with E-state index in [0.29, 0.717) is 11.1 Å². The van der Waals surface area contributed by atoms with Crippen molar-refractivity contribution in [3.8, 4) is 11.5 Å². The molecule has 1 unspecified atom stereocenters. The highest BCUT2D eigenvalue weighted by atomic mass is 16.5. The lowest BCUT2D eigenvalue weighted by atomic mass is 10.0. The number of hydrogen-bond donors (Lipinski definition) is 1. The number of benzene rings is 3. The fraction of sp³-hybridized carbons (Fsp3) is 0.406. The molecule has 5 nitrogen and oxygen atoms in total. The number of hydrogen-bond acceptors (Lipinski definition) is 3. The predicted octanol–water partition coefficient (Wildman–Crippen LogP) is 6.55. The highest BCUT2D eigenvalue weighted by Gasteiger charge is 2.32. The van der Waals surface area contributed by atoms with E-state index in [1.165, 1.54) is 12.8 Å².